The van der Waals surface area contributed by atoms with Gasteiger partial charge < -0.3 is 5.73 Å². The minimum Gasteiger partial charge on any atom is -0.320 e. The maximum absolute atomic E-state index is 6.33. The van der Waals surface area contributed by atoms with Crippen molar-refractivity contribution in [2.45, 2.75) is 19.9 Å². The van der Waals surface area contributed by atoms with Crippen molar-refractivity contribution in [1.29, 1.82) is 0 Å². The van der Waals surface area contributed by atoms with Crippen LogP contribution in [0, 0.1) is 13.8 Å². The molecule has 1 atom stereocenters. The van der Waals surface area contributed by atoms with Crippen LogP contribution in [0.4, 0.5) is 0 Å². The van der Waals surface area contributed by atoms with Gasteiger partial charge >= 0.3 is 0 Å². The zero-order valence-electron chi connectivity index (χ0n) is 10.1. The second kappa shape index (κ2) is 5.03. The first-order chi connectivity index (χ1) is 8.08. The van der Waals surface area contributed by atoms with Gasteiger partial charge in [-0.1, -0.05) is 51.8 Å². The summed E-state index contributed by atoms with van der Waals surface area (Å²) in [6.07, 6.45) is 0. The fourth-order valence-electron chi connectivity index (χ4n) is 1.99. The Balaban J connectivity index is 2.43. The van der Waals surface area contributed by atoms with Crippen LogP contribution in [0.3, 0.4) is 0 Å². The highest BCUT2D eigenvalue weighted by molar-refractivity contribution is 9.10. The third kappa shape index (κ3) is 2.76. The van der Waals surface area contributed by atoms with Crippen molar-refractivity contribution >= 4 is 15.9 Å². The van der Waals surface area contributed by atoms with Gasteiger partial charge in [-0.2, -0.15) is 0 Å². The predicted molar refractivity (Wildman–Crippen MR) is 76.1 cm³/mol. The van der Waals surface area contributed by atoms with Crippen LogP contribution >= 0.6 is 15.9 Å². The lowest BCUT2D eigenvalue weighted by Crippen LogP contribution is -2.13. The molecule has 0 aromatic heterocycles. The van der Waals surface area contributed by atoms with E-state index in [4.69, 9.17) is 5.73 Å². The molecule has 0 aliphatic rings. The topological polar surface area (TPSA) is 26.0 Å². The molecule has 2 aromatic carbocycles. The largest absolute Gasteiger partial charge is 0.320 e. The Labute approximate surface area is 111 Å². The maximum atomic E-state index is 6.33. The first-order valence-corrected chi connectivity index (χ1v) is 6.45. The van der Waals surface area contributed by atoms with Gasteiger partial charge in [0.1, 0.15) is 0 Å². The summed E-state index contributed by atoms with van der Waals surface area (Å²) in [5, 5.41) is 0. The molecule has 0 bridgehead atoms. The highest BCUT2D eigenvalue weighted by Crippen LogP contribution is 2.26. The molecular formula is C15H16BrN. The molecule has 17 heavy (non-hydrogen) atoms. The van der Waals surface area contributed by atoms with E-state index in [0.29, 0.717) is 0 Å². The lowest BCUT2D eigenvalue weighted by atomic mass is 9.95. The molecule has 0 spiro atoms. The second-order valence-electron chi connectivity index (χ2n) is 4.39. The summed E-state index contributed by atoms with van der Waals surface area (Å²) >= 11 is 3.50. The fraction of sp³-hybridized carbons (Fsp3) is 0.200. The van der Waals surface area contributed by atoms with E-state index >= 15 is 0 Å². The number of rotatable bonds is 2. The van der Waals surface area contributed by atoms with Crippen molar-refractivity contribution < 1.29 is 0 Å². The highest BCUT2D eigenvalue weighted by atomic mass is 79.9. The summed E-state index contributed by atoms with van der Waals surface area (Å²) in [7, 11) is 0. The van der Waals surface area contributed by atoms with Crippen LogP contribution in [0.1, 0.15) is 28.3 Å². The van der Waals surface area contributed by atoms with Gasteiger partial charge in [0.2, 0.25) is 0 Å². The molecule has 0 aliphatic carbocycles. The molecule has 0 radical (unpaired) electrons. The van der Waals surface area contributed by atoms with Crippen LogP contribution in [0.15, 0.2) is 46.9 Å². The summed E-state index contributed by atoms with van der Waals surface area (Å²) in [6, 6.07) is 14.5. The number of aryl methyl sites for hydroxylation is 2. The van der Waals surface area contributed by atoms with Gasteiger partial charge in [-0.3, -0.25) is 0 Å². The first-order valence-electron chi connectivity index (χ1n) is 5.66. The van der Waals surface area contributed by atoms with Crippen LogP contribution in [0.25, 0.3) is 0 Å². The Hall–Kier alpha value is -1.12. The van der Waals surface area contributed by atoms with Crippen LogP contribution in [0.5, 0.6) is 0 Å². The third-order valence-corrected chi connectivity index (χ3v) is 3.47. The van der Waals surface area contributed by atoms with Crippen molar-refractivity contribution in [1.82, 2.24) is 0 Å². The summed E-state index contributed by atoms with van der Waals surface area (Å²) < 4.78 is 1.07. The quantitative estimate of drug-likeness (QED) is 0.884. The third-order valence-electron chi connectivity index (χ3n) is 2.98. The number of hydrogen-bond donors (Lipinski definition) is 1. The van der Waals surface area contributed by atoms with Gasteiger partial charge in [0.25, 0.3) is 0 Å². The molecule has 2 aromatic rings. The van der Waals surface area contributed by atoms with E-state index in [1.54, 1.807) is 0 Å². The Morgan fingerprint density at radius 1 is 1.06 bits per heavy atom. The monoisotopic (exact) mass is 289 g/mol. The summed E-state index contributed by atoms with van der Waals surface area (Å²) in [5.41, 5.74) is 11.1. The molecule has 0 fully saturated rings. The minimum absolute atomic E-state index is 0.0626. The van der Waals surface area contributed by atoms with Gasteiger partial charge in [0.15, 0.2) is 0 Å². The Morgan fingerprint density at radius 3 is 2.53 bits per heavy atom. The van der Waals surface area contributed by atoms with E-state index in [1.807, 2.05) is 6.07 Å². The SMILES string of the molecule is Cc1cccc(C(N)c2cc(Br)ccc2C)c1. The summed E-state index contributed by atoms with van der Waals surface area (Å²) in [5.74, 6) is 0. The number of benzene rings is 2. The molecule has 2 heteroatoms. The molecule has 88 valence electrons. The van der Waals surface area contributed by atoms with Gasteiger partial charge in [0, 0.05) is 4.47 Å². The number of nitrogens with two attached hydrogens (primary N) is 1. The van der Waals surface area contributed by atoms with Crippen molar-refractivity contribution in [3.05, 3.63) is 69.2 Å². The predicted octanol–water partition coefficient (Wildman–Crippen LogP) is 4.11. The highest BCUT2D eigenvalue weighted by Gasteiger charge is 2.11. The molecule has 0 saturated heterocycles. The van der Waals surface area contributed by atoms with E-state index in [9.17, 15) is 0 Å². The maximum Gasteiger partial charge on any atom is 0.0554 e. The minimum atomic E-state index is -0.0626. The molecule has 0 aliphatic heterocycles. The van der Waals surface area contributed by atoms with Crippen LogP contribution in [0.2, 0.25) is 0 Å². The Morgan fingerprint density at radius 2 is 1.82 bits per heavy atom. The van der Waals surface area contributed by atoms with E-state index in [1.165, 1.54) is 16.7 Å². The van der Waals surface area contributed by atoms with Crippen LogP contribution < -0.4 is 5.73 Å². The van der Waals surface area contributed by atoms with Crippen molar-refractivity contribution in [2.24, 2.45) is 5.73 Å². The molecule has 2 N–H and O–H groups in total. The van der Waals surface area contributed by atoms with Gasteiger partial charge in [-0.05, 0) is 42.7 Å². The lowest BCUT2D eigenvalue weighted by molar-refractivity contribution is 0.859. The standard InChI is InChI=1S/C15H16BrN/c1-10-4-3-5-12(8-10)15(17)14-9-13(16)7-6-11(14)2/h3-9,15H,17H2,1-2H3. The fourth-order valence-corrected chi connectivity index (χ4v) is 2.37. The van der Waals surface area contributed by atoms with Crippen molar-refractivity contribution in [2.75, 3.05) is 0 Å². The number of halogens is 1. The van der Waals surface area contributed by atoms with E-state index in [-0.39, 0.29) is 6.04 Å². The lowest BCUT2D eigenvalue weighted by Gasteiger charge is -2.16. The van der Waals surface area contributed by atoms with Gasteiger partial charge in [0.05, 0.1) is 6.04 Å². The molecule has 2 rings (SSSR count). The van der Waals surface area contributed by atoms with E-state index in [0.717, 1.165) is 10.0 Å². The van der Waals surface area contributed by atoms with Gasteiger partial charge in [-0.15, -0.1) is 0 Å². The van der Waals surface area contributed by atoms with Crippen molar-refractivity contribution in [3.8, 4) is 0 Å². The molecule has 1 nitrogen and oxygen atoms in total. The summed E-state index contributed by atoms with van der Waals surface area (Å²) in [4.78, 5) is 0. The Bertz CT molecular complexity index is 534. The first kappa shape index (κ1) is 12.3. The van der Waals surface area contributed by atoms with Crippen LogP contribution in [-0.2, 0) is 0 Å². The van der Waals surface area contributed by atoms with E-state index in [2.05, 4.69) is 66.2 Å². The van der Waals surface area contributed by atoms with Gasteiger partial charge in [-0.25, -0.2) is 0 Å². The molecule has 0 heterocycles. The number of hydrogen-bond acceptors (Lipinski definition) is 1. The molecule has 0 saturated carbocycles. The van der Waals surface area contributed by atoms with Crippen molar-refractivity contribution in [3.63, 3.8) is 0 Å². The average molecular weight is 290 g/mol. The normalized spacial score (nSPS) is 12.5. The smallest absolute Gasteiger partial charge is 0.0554 e. The second-order valence-corrected chi connectivity index (χ2v) is 5.31. The molecule has 1 unspecified atom stereocenters. The zero-order chi connectivity index (χ0) is 12.4. The average Bonchev–Trinajstić information content (AvgIpc) is 2.31. The summed E-state index contributed by atoms with van der Waals surface area (Å²) in [6.45, 7) is 4.18. The zero-order valence-corrected chi connectivity index (χ0v) is 11.7. The molecular weight excluding hydrogens is 274 g/mol. The van der Waals surface area contributed by atoms with E-state index < -0.39 is 0 Å². The van der Waals surface area contributed by atoms with Crippen LogP contribution in [-0.4, -0.2) is 0 Å². The molecule has 0 amide bonds. The Kier molecular flexibility index (Phi) is 3.65.